The highest BCUT2D eigenvalue weighted by molar-refractivity contribution is 9.10. The lowest BCUT2D eigenvalue weighted by Crippen LogP contribution is -2.32. The van der Waals surface area contributed by atoms with Crippen molar-refractivity contribution in [2.24, 2.45) is 0 Å². The van der Waals surface area contributed by atoms with Gasteiger partial charge in [-0.15, -0.1) is 0 Å². The molecule has 2 amide bonds. The van der Waals surface area contributed by atoms with E-state index in [0.717, 1.165) is 0 Å². The van der Waals surface area contributed by atoms with Gasteiger partial charge in [-0.1, -0.05) is 0 Å². The van der Waals surface area contributed by atoms with Crippen LogP contribution < -0.4 is 10.6 Å². The first kappa shape index (κ1) is 12.4. The number of carbonyl (C=O) groups excluding carboxylic acids is 2. The number of aromatic amines is 1. The van der Waals surface area contributed by atoms with Crippen molar-refractivity contribution >= 4 is 33.4 Å². The van der Waals surface area contributed by atoms with Gasteiger partial charge in [0.15, 0.2) is 0 Å². The van der Waals surface area contributed by atoms with E-state index in [1.165, 1.54) is 18.7 Å². The summed E-state index contributed by atoms with van der Waals surface area (Å²) in [7, 11) is 0. The number of rotatable bonds is 4. The Labute approximate surface area is 110 Å². The van der Waals surface area contributed by atoms with Gasteiger partial charge in [0.25, 0.3) is 5.91 Å². The lowest BCUT2D eigenvalue weighted by atomic mass is 10.4. The second-order valence-electron chi connectivity index (χ2n) is 3.32. The molecule has 0 radical (unpaired) electrons. The molecule has 18 heavy (non-hydrogen) atoms. The number of nitrogens with one attached hydrogen (secondary N) is 3. The van der Waals surface area contributed by atoms with Crippen molar-refractivity contribution in [3.05, 3.63) is 35.0 Å². The molecule has 94 valence electrons. The Kier molecular flexibility index (Phi) is 3.78. The van der Waals surface area contributed by atoms with Gasteiger partial charge < -0.3 is 15.1 Å². The van der Waals surface area contributed by atoms with Crippen LogP contribution in [0.3, 0.4) is 0 Å². The molecular weight excluding hydrogens is 304 g/mol. The van der Waals surface area contributed by atoms with Gasteiger partial charge in [-0.3, -0.25) is 14.7 Å². The van der Waals surface area contributed by atoms with E-state index in [1.54, 1.807) is 6.07 Å². The maximum absolute atomic E-state index is 11.6. The molecular formula is C10H9BrN4O3. The first-order chi connectivity index (χ1) is 8.66. The minimum Gasteiger partial charge on any atom is -0.458 e. The number of hydrogen-bond donors (Lipinski definition) is 3. The van der Waals surface area contributed by atoms with E-state index in [0.29, 0.717) is 10.2 Å². The predicted octanol–water partition coefficient (Wildman–Crippen LogP) is 1.13. The molecule has 3 N–H and O–H groups in total. The number of anilines is 1. The van der Waals surface area contributed by atoms with Crippen molar-refractivity contribution < 1.29 is 14.0 Å². The van der Waals surface area contributed by atoms with E-state index in [1.807, 2.05) is 0 Å². The van der Waals surface area contributed by atoms with Gasteiger partial charge in [0, 0.05) is 6.20 Å². The fraction of sp³-hybridized carbons (Fsp3) is 0.100. The fourth-order valence-corrected chi connectivity index (χ4v) is 1.60. The molecule has 0 atom stereocenters. The molecule has 2 rings (SSSR count). The maximum Gasteiger partial charge on any atom is 0.288 e. The monoisotopic (exact) mass is 312 g/mol. The van der Waals surface area contributed by atoms with E-state index in [2.05, 4.69) is 36.8 Å². The van der Waals surface area contributed by atoms with Gasteiger partial charge >= 0.3 is 0 Å². The topological polar surface area (TPSA) is 100 Å². The zero-order chi connectivity index (χ0) is 13.0. The molecule has 0 aliphatic heterocycles. The van der Waals surface area contributed by atoms with Crippen molar-refractivity contribution in [2.45, 2.75) is 0 Å². The Morgan fingerprint density at radius 2 is 2.33 bits per heavy atom. The SMILES string of the molecule is O=C(CNC(=O)c1occc1Br)Nc1cn[nH]c1. The zero-order valence-electron chi connectivity index (χ0n) is 9.07. The minimum absolute atomic E-state index is 0.131. The van der Waals surface area contributed by atoms with E-state index < -0.39 is 5.91 Å². The van der Waals surface area contributed by atoms with Crippen molar-refractivity contribution in [3.8, 4) is 0 Å². The Morgan fingerprint density at radius 1 is 1.50 bits per heavy atom. The van der Waals surface area contributed by atoms with E-state index in [-0.39, 0.29) is 18.2 Å². The number of halogens is 1. The van der Waals surface area contributed by atoms with Crippen molar-refractivity contribution in [3.63, 3.8) is 0 Å². The molecule has 0 aromatic carbocycles. The lowest BCUT2D eigenvalue weighted by molar-refractivity contribution is -0.115. The molecule has 2 heterocycles. The molecule has 2 aromatic rings. The predicted molar refractivity (Wildman–Crippen MR) is 66.0 cm³/mol. The summed E-state index contributed by atoms with van der Waals surface area (Å²) < 4.78 is 5.50. The number of H-pyrrole nitrogens is 1. The highest BCUT2D eigenvalue weighted by atomic mass is 79.9. The van der Waals surface area contributed by atoms with Crippen molar-refractivity contribution in [2.75, 3.05) is 11.9 Å². The van der Waals surface area contributed by atoms with Crippen LogP contribution in [0, 0.1) is 0 Å². The summed E-state index contributed by atoms with van der Waals surface area (Å²) in [6.07, 6.45) is 4.37. The van der Waals surface area contributed by atoms with Crippen LogP contribution in [0.1, 0.15) is 10.6 Å². The maximum atomic E-state index is 11.6. The summed E-state index contributed by atoms with van der Waals surface area (Å²) in [5.74, 6) is -0.687. The molecule has 2 aromatic heterocycles. The third kappa shape index (κ3) is 2.98. The standard InChI is InChI=1S/C10H9BrN4O3/c11-7-1-2-18-9(7)10(17)12-5-8(16)15-6-3-13-14-4-6/h1-4H,5H2,(H,12,17)(H,13,14)(H,15,16). The summed E-state index contributed by atoms with van der Waals surface area (Å²) in [6, 6.07) is 1.60. The zero-order valence-corrected chi connectivity index (χ0v) is 10.7. The summed E-state index contributed by atoms with van der Waals surface area (Å²) in [5, 5.41) is 11.2. The summed E-state index contributed by atoms with van der Waals surface area (Å²) >= 11 is 3.15. The third-order valence-corrected chi connectivity index (χ3v) is 2.64. The quantitative estimate of drug-likeness (QED) is 0.788. The van der Waals surface area contributed by atoms with Gasteiger partial charge in [0.05, 0.1) is 29.2 Å². The second kappa shape index (κ2) is 5.50. The molecule has 0 unspecified atom stereocenters. The molecule has 7 nitrogen and oxygen atoms in total. The second-order valence-corrected chi connectivity index (χ2v) is 4.17. The number of carbonyl (C=O) groups is 2. The molecule has 0 aliphatic rings. The fourth-order valence-electron chi connectivity index (χ4n) is 1.22. The van der Waals surface area contributed by atoms with Crippen LogP contribution in [-0.4, -0.2) is 28.6 Å². The van der Waals surface area contributed by atoms with Gasteiger partial charge in [0.2, 0.25) is 11.7 Å². The van der Waals surface area contributed by atoms with Crippen LogP contribution in [-0.2, 0) is 4.79 Å². The Morgan fingerprint density at radius 3 is 2.94 bits per heavy atom. The van der Waals surface area contributed by atoms with Gasteiger partial charge in [0.1, 0.15) is 0 Å². The van der Waals surface area contributed by atoms with Crippen LogP contribution in [0.4, 0.5) is 5.69 Å². The third-order valence-electron chi connectivity index (χ3n) is 2.01. The molecule has 0 saturated carbocycles. The lowest BCUT2D eigenvalue weighted by Gasteiger charge is -2.03. The van der Waals surface area contributed by atoms with Crippen LogP contribution in [0.5, 0.6) is 0 Å². The van der Waals surface area contributed by atoms with Crippen molar-refractivity contribution in [1.29, 1.82) is 0 Å². The summed E-state index contributed by atoms with van der Waals surface area (Å²) in [5.41, 5.74) is 0.536. The Bertz CT molecular complexity index is 549. The van der Waals surface area contributed by atoms with Gasteiger partial charge in [-0.2, -0.15) is 5.10 Å². The average molecular weight is 313 g/mol. The van der Waals surface area contributed by atoms with E-state index in [4.69, 9.17) is 4.42 Å². The van der Waals surface area contributed by atoms with E-state index >= 15 is 0 Å². The highest BCUT2D eigenvalue weighted by Gasteiger charge is 2.14. The molecule has 0 saturated heterocycles. The number of hydrogen-bond acceptors (Lipinski definition) is 4. The van der Waals surface area contributed by atoms with Crippen molar-refractivity contribution in [1.82, 2.24) is 15.5 Å². The number of furan rings is 1. The number of nitrogens with zero attached hydrogens (tertiary/aromatic N) is 1. The molecule has 0 bridgehead atoms. The normalized spacial score (nSPS) is 10.1. The van der Waals surface area contributed by atoms with Crippen LogP contribution >= 0.6 is 15.9 Å². The number of aromatic nitrogens is 2. The van der Waals surface area contributed by atoms with Crippen LogP contribution in [0.15, 0.2) is 33.6 Å². The average Bonchev–Trinajstić information content (AvgIpc) is 2.97. The van der Waals surface area contributed by atoms with E-state index in [9.17, 15) is 9.59 Å². The van der Waals surface area contributed by atoms with Crippen LogP contribution in [0.2, 0.25) is 0 Å². The van der Waals surface area contributed by atoms with Gasteiger partial charge in [-0.05, 0) is 22.0 Å². The van der Waals surface area contributed by atoms with Crippen LogP contribution in [0.25, 0.3) is 0 Å². The summed E-state index contributed by atoms with van der Waals surface area (Å²) in [6.45, 7) is -0.156. The largest absolute Gasteiger partial charge is 0.458 e. The van der Waals surface area contributed by atoms with Gasteiger partial charge in [-0.25, -0.2) is 0 Å². The molecule has 0 fully saturated rings. The smallest absolute Gasteiger partial charge is 0.288 e. The Balaban J connectivity index is 1.83. The first-order valence-electron chi connectivity index (χ1n) is 4.96. The molecule has 0 spiro atoms. The Hall–Kier alpha value is -2.09. The minimum atomic E-state index is -0.464. The highest BCUT2D eigenvalue weighted by Crippen LogP contribution is 2.16. The molecule has 8 heteroatoms. The number of amides is 2. The summed E-state index contributed by atoms with van der Waals surface area (Å²) in [4.78, 5) is 23.1. The first-order valence-corrected chi connectivity index (χ1v) is 5.76. The molecule has 0 aliphatic carbocycles.